The highest BCUT2D eigenvalue weighted by atomic mass is 35.5. The Hall–Kier alpha value is -0.730. The van der Waals surface area contributed by atoms with Crippen molar-refractivity contribution in [2.75, 3.05) is 6.61 Å². The van der Waals surface area contributed by atoms with Crippen LogP contribution in [0.5, 0.6) is 0 Å². The summed E-state index contributed by atoms with van der Waals surface area (Å²) < 4.78 is 5.70. The van der Waals surface area contributed by atoms with Crippen molar-refractivity contribution in [1.29, 1.82) is 0 Å². The smallest absolute Gasteiger partial charge is 0.108 e. The Bertz CT molecular complexity index is 514. The topological polar surface area (TPSA) is 9.23 Å². The summed E-state index contributed by atoms with van der Waals surface area (Å²) in [5.41, 5.74) is 2.04. The molecule has 1 unspecified atom stereocenters. The molecule has 0 saturated carbocycles. The van der Waals surface area contributed by atoms with E-state index in [1.807, 2.05) is 42.5 Å². The predicted octanol–water partition coefficient (Wildman–Crippen LogP) is 5.36. The molecule has 0 bridgehead atoms. The largest absolute Gasteiger partial charge is 0.369 e. The van der Waals surface area contributed by atoms with Crippen molar-refractivity contribution in [3.05, 3.63) is 76.6 Å². The van der Waals surface area contributed by atoms with Gasteiger partial charge in [-0.25, -0.2) is 0 Å². The number of benzene rings is 2. The lowest BCUT2D eigenvalue weighted by Gasteiger charge is -2.18. The summed E-state index contributed by atoms with van der Waals surface area (Å²) in [6.07, 6.45) is -0.168. The monoisotopic (exact) mass is 315 g/mol. The fourth-order valence-corrected chi connectivity index (χ4v) is 2.11. The van der Waals surface area contributed by atoms with E-state index >= 15 is 0 Å². The van der Waals surface area contributed by atoms with Gasteiger partial charge in [0.15, 0.2) is 0 Å². The Labute approximate surface area is 129 Å². The second kappa shape index (κ2) is 7.76. The maximum absolute atomic E-state index is 6.04. The summed E-state index contributed by atoms with van der Waals surface area (Å²) >= 11 is 12.0. The maximum atomic E-state index is 6.04. The fourth-order valence-electron chi connectivity index (χ4n) is 1.81. The number of hydrogen-bond acceptors (Lipinski definition) is 1. The van der Waals surface area contributed by atoms with Gasteiger partial charge in [0.25, 0.3) is 0 Å². The van der Waals surface area contributed by atoms with E-state index in [1.54, 1.807) is 6.07 Å². The standard InChI is InChI=1S/C15H13Cl2O.ClH/c1-2-18-15(11-6-4-3-5-7-11)12-8-9-13(16)14(17)10-12;/h3-10,15H,1-2H2;1H. The van der Waals surface area contributed by atoms with Gasteiger partial charge < -0.3 is 4.74 Å². The molecule has 0 fully saturated rings. The third kappa shape index (κ3) is 4.12. The zero-order chi connectivity index (χ0) is 13.0. The molecular formula is C15H14Cl3O. The van der Waals surface area contributed by atoms with Crippen molar-refractivity contribution in [3.63, 3.8) is 0 Å². The van der Waals surface area contributed by atoms with Crippen LogP contribution in [0.3, 0.4) is 0 Å². The predicted molar refractivity (Wildman–Crippen MR) is 83.3 cm³/mol. The van der Waals surface area contributed by atoms with Crippen LogP contribution < -0.4 is 0 Å². The molecule has 19 heavy (non-hydrogen) atoms. The van der Waals surface area contributed by atoms with Crippen LogP contribution in [0.4, 0.5) is 0 Å². The minimum Gasteiger partial charge on any atom is -0.369 e. The van der Waals surface area contributed by atoms with Gasteiger partial charge in [-0.1, -0.05) is 59.6 Å². The lowest BCUT2D eigenvalue weighted by molar-refractivity contribution is 0.103. The lowest BCUT2D eigenvalue weighted by Crippen LogP contribution is -2.06. The lowest BCUT2D eigenvalue weighted by atomic mass is 10.0. The van der Waals surface area contributed by atoms with E-state index in [0.717, 1.165) is 11.1 Å². The molecule has 2 aromatic carbocycles. The molecule has 2 rings (SSSR count). The SMILES string of the molecule is Cl.[CH2]COC(c1ccccc1)c1ccc(Cl)c(Cl)c1. The molecule has 0 saturated heterocycles. The average molecular weight is 317 g/mol. The van der Waals surface area contributed by atoms with Crippen LogP contribution in [0.1, 0.15) is 17.2 Å². The molecule has 0 aromatic heterocycles. The Morgan fingerprint density at radius 3 is 2.21 bits per heavy atom. The molecule has 0 aliphatic heterocycles. The highest BCUT2D eigenvalue weighted by Gasteiger charge is 2.14. The summed E-state index contributed by atoms with van der Waals surface area (Å²) in [6, 6.07) is 15.5. The molecule has 1 atom stereocenters. The second-order valence-corrected chi connectivity index (χ2v) is 4.65. The van der Waals surface area contributed by atoms with Gasteiger partial charge in [0.05, 0.1) is 10.0 Å². The van der Waals surface area contributed by atoms with E-state index in [4.69, 9.17) is 27.9 Å². The molecule has 0 aliphatic carbocycles. The maximum Gasteiger partial charge on any atom is 0.108 e. The molecule has 4 heteroatoms. The van der Waals surface area contributed by atoms with Crippen LogP contribution in [0, 0.1) is 6.92 Å². The first-order chi connectivity index (χ1) is 8.72. The normalized spacial score (nSPS) is 11.7. The van der Waals surface area contributed by atoms with E-state index in [9.17, 15) is 0 Å². The molecular weight excluding hydrogens is 303 g/mol. The first-order valence-electron chi connectivity index (χ1n) is 5.63. The van der Waals surface area contributed by atoms with Crippen molar-refractivity contribution in [2.24, 2.45) is 0 Å². The van der Waals surface area contributed by atoms with Gasteiger partial charge in [0.1, 0.15) is 6.10 Å². The van der Waals surface area contributed by atoms with E-state index in [1.165, 1.54) is 0 Å². The zero-order valence-electron chi connectivity index (χ0n) is 10.2. The second-order valence-electron chi connectivity index (χ2n) is 3.84. The Morgan fingerprint density at radius 1 is 0.947 bits per heavy atom. The van der Waals surface area contributed by atoms with Crippen LogP contribution in [0.15, 0.2) is 48.5 Å². The number of hydrogen-bond donors (Lipinski definition) is 0. The molecule has 1 radical (unpaired) electrons. The van der Waals surface area contributed by atoms with Gasteiger partial charge >= 0.3 is 0 Å². The highest BCUT2D eigenvalue weighted by molar-refractivity contribution is 6.42. The van der Waals surface area contributed by atoms with Gasteiger partial charge in [-0.3, -0.25) is 0 Å². The van der Waals surface area contributed by atoms with E-state index < -0.39 is 0 Å². The molecule has 0 heterocycles. The number of rotatable bonds is 4. The summed E-state index contributed by atoms with van der Waals surface area (Å²) in [7, 11) is 0. The first kappa shape index (κ1) is 16.3. The van der Waals surface area contributed by atoms with Crippen molar-refractivity contribution < 1.29 is 4.74 Å². The molecule has 0 N–H and O–H groups in total. The molecule has 101 valence electrons. The van der Waals surface area contributed by atoms with Crippen LogP contribution in [-0.2, 0) is 4.74 Å². The van der Waals surface area contributed by atoms with Crippen molar-refractivity contribution in [3.8, 4) is 0 Å². The minimum absolute atomic E-state index is 0. The van der Waals surface area contributed by atoms with Gasteiger partial charge in [0.2, 0.25) is 0 Å². The van der Waals surface area contributed by atoms with Crippen molar-refractivity contribution in [2.45, 2.75) is 6.10 Å². The van der Waals surface area contributed by atoms with Gasteiger partial charge in [-0.05, 0) is 30.2 Å². The average Bonchev–Trinajstić information content (AvgIpc) is 2.40. The zero-order valence-corrected chi connectivity index (χ0v) is 12.5. The molecule has 0 amide bonds. The quantitative estimate of drug-likeness (QED) is 0.738. The number of ether oxygens (including phenoxy) is 1. The molecule has 2 aromatic rings. The molecule has 0 aliphatic rings. The number of halogens is 3. The van der Waals surface area contributed by atoms with Crippen LogP contribution in [0.25, 0.3) is 0 Å². The third-order valence-corrected chi connectivity index (χ3v) is 3.37. The van der Waals surface area contributed by atoms with Gasteiger partial charge in [0, 0.05) is 6.61 Å². The molecule has 1 nitrogen and oxygen atoms in total. The summed E-state index contributed by atoms with van der Waals surface area (Å²) in [5.74, 6) is 0. The highest BCUT2D eigenvalue weighted by Crippen LogP contribution is 2.30. The third-order valence-electron chi connectivity index (χ3n) is 2.63. The van der Waals surface area contributed by atoms with Gasteiger partial charge in [-0.2, -0.15) is 0 Å². The summed E-state index contributed by atoms with van der Waals surface area (Å²) in [4.78, 5) is 0. The summed E-state index contributed by atoms with van der Waals surface area (Å²) in [6.45, 7) is 4.12. The van der Waals surface area contributed by atoms with Crippen molar-refractivity contribution in [1.82, 2.24) is 0 Å². The first-order valence-corrected chi connectivity index (χ1v) is 6.38. The van der Waals surface area contributed by atoms with E-state index in [-0.39, 0.29) is 18.5 Å². The van der Waals surface area contributed by atoms with Crippen LogP contribution >= 0.6 is 35.6 Å². The Morgan fingerprint density at radius 2 is 1.63 bits per heavy atom. The van der Waals surface area contributed by atoms with E-state index in [2.05, 4.69) is 6.92 Å². The van der Waals surface area contributed by atoms with Crippen molar-refractivity contribution >= 4 is 35.6 Å². The van der Waals surface area contributed by atoms with E-state index in [0.29, 0.717) is 16.7 Å². The Balaban J connectivity index is 0.00000180. The van der Waals surface area contributed by atoms with Crippen LogP contribution in [-0.4, -0.2) is 6.61 Å². The minimum atomic E-state index is -0.168. The Kier molecular flexibility index (Phi) is 6.67. The fraction of sp³-hybridized carbons (Fsp3) is 0.133. The van der Waals surface area contributed by atoms with Crippen LogP contribution in [0.2, 0.25) is 10.0 Å². The summed E-state index contributed by atoms with van der Waals surface area (Å²) in [5, 5.41) is 1.07. The van der Waals surface area contributed by atoms with Gasteiger partial charge in [-0.15, -0.1) is 12.4 Å². The molecule has 0 spiro atoms.